The van der Waals surface area contributed by atoms with Crippen LogP contribution in [0.1, 0.15) is 0 Å². The minimum Gasteiger partial charge on any atom is -0.508 e. The summed E-state index contributed by atoms with van der Waals surface area (Å²) in [6.45, 7) is 0. The summed E-state index contributed by atoms with van der Waals surface area (Å²) in [7, 11) is 1.89. The molecule has 0 heterocycles. The smallest absolute Gasteiger partial charge is 0.127 e. The van der Waals surface area contributed by atoms with Gasteiger partial charge in [-0.3, -0.25) is 0 Å². The van der Waals surface area contributed by atoms with E-state index in [-0.39, 0.29) is 5.75 Å². The van der Waals surface area contributed by atoms with Gasteiger partial charge in [0.25, 0.3) is 0 Å². The third-order valence-corrected chi connectivity index (χ3v) is 3.43. The number of phenols is 1. The Kier molecular flexibility index (Phi) is 3.97. The van der Waals surface area contributed by atoms with Crippen LogP contribution in [0.4, 0.5) is 5.69 Å². The van der Waals surface area contributed by atoms with Crippen LogP contribution in [-0.4, -0.2) is 12.2 Å². The SMILES string of the molecule is CNc1ccc(Oc2ccc(-c3ccc(O)cc3)cc2)cc1. The lowest BCUT2D eigenvalue weighted by molar-refractivity contribution is 0.475. The fourth-order valence-electron chi connectivity index (χ4n) is 2.20. The number of phenolic OH excluding ortho intramolecular Hbond substituents is 1. The van der Waals surface area contributed by atoms with E-state index in [0.29, 0.717) is 0 Å². The van der Waals surface area contributed by atoms with Crippen molar-refractivity contribution in [3.63, 3.8) is 0 Å². The lowest BCUT2D eigenvalue weighted by Gasteiger charge is -2.08. The predicted molar refractivity (Wildman–Crippen MR) is 89.6 cm³/mol. The molecule has 0 atom stereocenters. The summed E-state index contributed by atoms with van der Waals surface area (Å²) in [6.07, 6.45) is 0. The molecule has 3 nitrogen and oxygen atoms in total. The molecule has 3 rings (SSSR count). The van der Waals surface area contributed by atoms with Crippen LogP contribution >= 0.6 is 0 Å². The van der Waals surface area contributed by atoms with Crippen LogP contribution in [0.3, 0.4) is 0 Å². The Hall–Kier alpha value is -2.94. The van der Waals surface area contributed by atoms with Crippen LogP contribution in [0.2, 0.25) is 0 Å². The second-order valence-corrected chi connectivity index (χ2v) is 4.95. The van der Waals surface area contributed by atoms with Crippen LogP contribution in [-0.2, 0) is 0 Å². The zero-order valence-corrected chi connectivity index (χ0v) is 12.3. The molecule has 0 amide bonds. The van der Waals surface area contributed by atoms with E-state index in [1.54, 1.807) is 12.1 Å². The van der Waals surface area contributed by atoms with Crippen LogP contribution in [0.5, 0.6) is 17.2 Å². The summed E-state index contributed by atoms with van der Waals surface area (Å²) < 4.78 is 5.82. The van der Waals surface area contributed by atoms with Crippen molar-refractivity contribution in [2.75, 3.05) is 12.4 Å². The molecule has 0 aromatic heterocycles. The van der Waals surface area contributed by atoms with Crippen LogP contribution < -0.4 is 10.1 Å². The van der Waals surface area contributed by atoms with E-state index in [1.165, 1.54) is 0 Å². The minimum atomic E-state index is 0.272. The first kappa shape index (κ1) is 14.0. The highest BCUT2D eigenvalue weighted by atomic mass is 16.5. The van der Waals surface area contributed by atoms with E-state index in [9.17, 15) is 5.11 Å². The van der Waals surface area contributed by atoms with Crippen LogP contribution in [0.25, 0.3) is 11.1 Å². The van der Waals surface area contributed by atoms with Crippen molar-refractivity contribution in [1.29, 1.82) is 0 Å². The molecule has 0 fully saturated rings. The molecule has 110 valence electrons. The zero-order chi connectivity index (χ0) is 15.4. The van der Waals surface area contributed by atoms with Gasteiger partial charge in [0.05, 0.1) is 0 Å². The highest BCUT2D eigenvalue weighted by Gasteiger charge is 2.01. The summed E-state index contributed by atoms with van der Waals surface area (Å²) in [5.74, 6) is 1.87. The van der Waals surface area contributed by atoms with Crippen LogP contribution in [0.15, 0.2) is 72.8 Å². The van der Waals surface area contributed by atoms with Gasteiger partial charge >= 0.3 is 0 Å². The fourth-order valence-corrected chi connectivity index (χ4v) is 2.20. The number of benzene rings is 3. The topological polar surface area (TPSA) is 41.5 Å². The van der Waals surface area contributed by atoms with Crippen molar-refractivity contribution in [3.8, 4) is 28.4 Å². The Labute approximate surface area is 129 Å². The maximum atomic E-state index is 9.32. The standard InChI is InChI=1S/C19H17NO2/c1-20-16-6-12-19(13-7-16)22-18-10-4-15(5-11-18)14-2-8-17(21)9-3-14/h2-13,20-21H,1H3. The van der Waals surface area contributed by atoms with Gasteiger partial charge in [0.2, 0.25) is 0 Å². The Morgan fingerprint density at radius 2 is 1.14 bits per heavy atom. The molecule has 0 spiro atoms. The van der Waals surface area contributed by atoms with Gasteiger partial charge in [-0.05, 0) is 59.7 Å². The first-order chi connectivity index (χ1) is 10.7. The number of nitrogens with one attached hydrogen (secondary N) is 1. The molecule has 0 unspecified atom stereocenters. The first-order valence-electron chi connectivity index (χ1n) is 7.10. The molecule has 0 aliphatic rings. The third-order valence-electron chi connectivity index (χ3n) is 3.43. The maximum Gasteiger partial charge on any atom is 0.127 e. The van der Waals surface area contributed by atoms with Gasteiger partial charge in [0, 0.05) is 12.7 Å². The monoisotopic (exact) mass is 291 g/mol. The Bertz CT molecular complexity index is 732. The summed E-state index contributed by atoms with van der Waals surface area (Å²) in [5, 5.41) is 12.4. The largest absolute Gasteiger partial charge is 0.508 e. The van der Waals surface area contributed by atoms with Crippen molar-refractivity contribution in [1.82, 2.24) is 0 Å². The molecular weight excluding hydrogens is 274 g/mol. The average Bonchev–Trinajstić information content (AvgIpc) is 2.57. The van der Waals surface area contributed by atoms with E-state index in [1.807, 2.05) is 67.7 Å². The molecule has 22 heavy (non-hydrogen) atoms. The van der Waals surface area contributed by atoms with Crippen LogP contribution in [0, 0.1) is 0 Å². The molecule has 0 saturated heterocycles. The van der Waals surface area contributed by atoms with Crippen molar-refractivity contribution >= 4 is 5.69 Å². The quantitative estimate of drug-likeness (QED) is 0.719. The summed E-state index contributed by atoms with van der Waals surface area (Å²) >= 11 is 0. The van der Waals surface area contributed by atoms with Gasteiger partial charge in [0.15, 0.2) is 0 Å². The molecule has 0 aliphatic carbocycles. The summed E-state index contributed by atoms with van der Waals surface area (Å²) in [6, 6.07) is 22.8. The predicted octanol–water partition coefficient (Wildman–Crippen LogP) is 4.89. The van der Waals surface area contributed by atoms with Crippen molar-refractivity contribution in [2.45, 2.75) is 0 Å². The first-order valence-corrected chi connectivity index (χ1v) is 7.10. The van der Waals surface area contributed by atoms with E-state index in [2.05, 4.69) is 5.32 Å². The van der Waals surface area contributed by atoms with Gasteiger partial charge in [-0.1, -0.05) is 24.3 Å². The lowest BCUT2D eigenvalue weighted by Crippen LogP contribution is -1.88. The molecule has 3 heteroatoms. The second kappa shape index (κ2) is 6.22. The summed E-state index contributed by atoms with van der Waals surface area (Å²) in [4.78, 5) is 0. The van der Waals surface area contributed by atoms with Gasteiger partial charge in [-0.15, -0.1) is 0 Å². The molecule has 0 aliphatic heterocycles. The second-order valence-electron chi connectivity index (χ2n) is 4.95. The van der Waals surface area contributed by atoms with E-state index < -0.39 is 0 Å². The van der Waals surface area contributed by atoms with E-state index in [0.717, 1.165) is 28.3 Å². The van der Waals surface area contributed by atoms with Crippen molar-refractivity contribution in [2.24, 2.45) is 0 Å². The fraction of sp³-hybridized carbons (Fsp3) is 0.0526. The van der Waals surface area contributed by atoms with Gasteiger partial charge in [0.1, 0.15) is 17.2 Å². The molecule has 0 radical (unpaired) electrons. The third kappa shape index (κ3) is 3.20. The number of rotatable bonds is 4. The Morgan fingerprint density at radius 3 is 1.64 bits per heavy atom. The number of aromatic hydroxyl groups is 1. The van der Waals surface area contributed by atoms with Crippen molar-refractivity contribution < 1.29 is 9.84 Å². The van der Waals surface area contributed by atoms with Gasteiger partial charge in [-0.2, -0.15) is 0 Å². The summed E-state index contributed by atoms with van der Waals surface area (Å²) in [5.41, 5.74) is 3.19. The number of ether oxygens (including phenoxy) is 1. The molecule has 0 bridgehead atoms. The minimum absolute atomic E-state index is 0.272. The number of hydrogen-bond donors (Lipinski definition) is 2. The van der Waals surface area contributed by atoms with E-state index >= 15 is 0 Å². The van der Waals surface area contributed by atoms with Crippen molar-refractivity contribution in [3.05, 3.63) is 72.8 Å². The number of hydrogen-bond acceptors (Lipinski definition) is 3. The van der Waals surface area contributed by atoms with E-state index in [4.69, 9.17) is 4.74 Å². The molecular formula is C19H17NO2. The molecule has 0 saturated carbocycles. The van der Waals surface area contributed by atoms with Gasteiger partial charge in [-0.25, -0.2) is 0 Å². The normalized spacial score (nSPS) is 10.2. The van der Waals surface area contributed by atoms with Gasteiger partial charge < -0.3 is 15.2 Å². The maximum absolute atomic E-state index is 9.32. The Balaban J connectivity index is 1.74. The molecule has 2 N–H and O–H groups in total. The highest BCUT2D eigenvalue weighted by Crippen LogP contribution is 2.27. The molecule has 3 aromatic carbocycles. The zero-order valence-electron chi connectivity index (χ0n) is 12.3. The average molecular weight is 291 g/mol. The Morgan fingerprint density at radius 1 is 0.682 bits per heavy atom. The highest BCUT2D eigenvalue weighted by molar-refractivity contribution is 5.65. The number of anilines is 1. The molecule has 3 aromatic rings. The lowest BCUT2D eigenvalue weighted by atomic mass is 10.1.